The summed E-state index contributed by atoms with van der Waals surface area (Å²) in [5, 5.41) is 0. The minimum absolute atomic E-state index is 0.0769. The zero-order valence-electron chi connectivity index (χ0n) is 16.5. The van der Waals surface area contributed by atoms with Gasteiger partial charge in [0.2, 0.25) is 10.0 Å². The summed E-state index contributed by atoms with van der Waals surface area (Å²) in [5.41, 5.74) is 1.21. The third kappa shape index (κ3) is 5.53. The molecule has 1 heterocycles. The van der Waals surface area contributed by atoms with Crippen molar-refractivity contribution in [3.63, 3.8) is 0 Å². The van der Waals surface area contributed by atoms with Crippen molar-refractivity contribution in [1.82, 2.24) is 4.31 Å². The summed E-state index contributed by atoms with van der Waals surface area (Å²) < 4.78 is 38.2. The average Bonchev–Trinajstić information content (AvgIpc) is 2.71. The van der Waals surface area contributed by atoms with Crippen LogP contribution in [0.3, 0.4) is 0 Å². The van der Waals surface area contributed by atoms with Crippen LogP contribution in [0.25, 0.3) is 6.08 Å². The highest BCUT2D eigenvalue weighted by atomic mass is 32.2. The van der Waals surface area contributed by atoms with Gasteiger partial charge in [-0.25, -0.2) is 13.2 Å². The lowest BCUT2D eigenvalue weighted by Gasteiger charge is -2.34. The second kappa shape index (κ2) is 9.35. The molecule has 1 fully saturated rings. The minimum Gasteiger partial charge on any atom is -0.458 e. The summed E-state index contributed by atoms with van der Waals surface area (Å²) in [6, 6.07) is 15.6. The van der Waals surface area contributed by atoms with Gasteiger partial charge in [-0.1, -0.05) is 42.5 Å². The number of hydrogen-bond acceptors (Lipinski definition) is 5. The zero-order valence-corrected chi connectivity index (χ0v) is 17.3. The first-order valence-electron chi connectivity index (χ1n) is 9.50. The lowest BCUT2D eigenvalue weighted by atomic mass is 10.2. The standard InChI is InChI=1S/C22H25NO5S/c1-17-15-23(16-18(2)28-17)29(25,26)21-12-6-11-20(14-21)22(24)27-13-7-10-19-8-4-3-5-9-19/h3-12,14,17-18H,13,15-16H2,1-2H3/b10-7+/t17-,18-/m1/s1. The number of nitrogens with zero attached hydrogens (tertiary/aromatic N) is 1. The van der Waals surface area contributed by atoms with E-state index in [-0.39, 0.29) is 42.4 Å². The number of carbonyl (C=O) groups excluding carboxylic acids is 1. The maximum Gasteiger partial charge on any atom is 0.338 e. The number of esters is 1. The van der Waals surface area contributed by atoms with Crippen LogP contribution >= 0.6 is 0 Å². The highest BCUT2D eigenvalue weighted by Crippen LogP contribution is 2.22. The molecule has 0 unspecified atom stereocenters. The second-order valence-corrected chi connectivity index (χ2v) is 8.96. The molecule has 0 saturated carbocycles. The van der Waals surface area contributed by atoms with Gasteiger partial charge in [0, 0.05) is 13.1 Å². The van der Waals surface area contributed by atoms with E-state index in [4.69, 9.17) is 9.47 Å². The van der Waals surface area contributed by atoms with Gasteiger partial charge in [-0.3, -0.25) is 0 Å². The molecule has 1 saturated heterocycles. The first-order chi connectivity index (χ1) is 13.9. The Balaban J connectivity index is 1.66. The van der Waals surface area contributed by atoms with Crippen LogP contribution in [0, 0.1) is 0 Å². The van der Waals surface area contributed by atoms with Crippen molar-refractivity contribution < 1.29 is 22.7 Å². The van der Waals surface area contributed by atoms with E-state index in [1.807, 2.05) is 50.3 Å². The molecule has 0 radical (unpaired) electrons. The third-order valence-corrected chi connectivity index (χ3v) is 6.34. The van der Waals surface area contributed by atoms with Crippen LogP contribution in [0.2, 0.25) is 0 Å². The fraction of sp³-hybridized carbons (Fsp3) is 0.318. The van der Waals surface area contributed by atoms with Crippen LogP contribution < -0.4 is 0 Å². The van der Waals surface area contributed by atoms with Gasteiger partial charge in [-0.2, -0.15) is 4.31 Å². The van der Waals surface area contributed by atoms with Gasteiger partial charge in [-0.05, 0) is 43.7 Å². The molecule has 154 valence electrons. The second-order valence-electron chi connectivity index (χ2n) is 7.02. The van der Waals surface area contributed by atoms with E-state index in [0.717, 1.165) is 5.56 Å². The molecular formula is C22H25NO5S. The molecule has 6 nitrogen and oxygen atoms in total. The summed E-state index contributed by atoms with van der Waals surface area (Å²) >= 11 is 0. The van der Waals surface area contributed by atoms with Crippen molar-refractivity contribution in [3.05, 3.63) is 71.8 Å². The Morgan fingerprint density at radius 2 is 1.79 bits per heavy atom. The van der Waals surface area contributed by atoms with Gasteiger partial charge in [-0.15, -0.1) is 0 Å². The van der Waals surface area contributed by atoms with Crippen LogP contribution in [0.5, 0.6) is 0 Å². The fourth-order valence-corrected chi connectivity index (χ4v) is 4.85. The average molecular weight is 416 g/mol. The van der Waals surface area contributed by atoms with Crippen LogP contribution in [0.15, 0.2) is 65.6 Å². The van der Waals surface area contributed by atoms with Crippen molar-refractivity contribution in [2.45, 2.75) is 31.0 Å². The number of carbonyl (C=O) groups is 1. The van der Waals surface area contributed by atoms with Crippen molar-refractivity contribution in [3.8, 4) is 0 Å². The van der Waals surface area contributed by atoms with Crippen molar-refractivity contribution in [2.24, 2.45) is 0 Å². The topological polar surface area (TPSA) is 72.9 Å². The molecule has 1 aliphatic heterocycles. The molecule has 0 spiro atoms. The van der Waals surface area contributed by atoms with Crippen molar-refractivity contribution in [1.29, 1.82) is 0 Å². The molecule has 29 heavy (non-hydrogen) atoms. The Bertz CT molecular complexity index is 962. The number of sulfonamides is 1. The van der Waals surface area contributed by atoms with Crippen LogP contribution in [0.4, 0.5) is 0 Å². The number of rotatable bonds is 6. The molecule has 0 aliphatic carbocycles. The first kappa shape index (κ1) is 21.2. The summed E-state index contributed by atoms with van der Waals surface area (Å²) in [5.74, 6) is -0.566. The highest BCUT2D eigenvalue weighted by Gasteiger charge is 2.32. The van der Waals surface area contributed by atoms with E-state index in [1.54, 1.807) is 18.2 Å². The maximum absolute atomic E-state index is 13.0. The Labute approximate surface area is 171 Å². The SMILES string of the molecule is C[C@@H]1CN(S(=O)(=O)c2cccc(C(=O)OC/C=C/c3ccccc3)c2)C[C@@H](C)O1. The number of hydrogen-bond donors (Lipinski definition) is 0. The van der Waals surface area contributed by atoms with Crippen molar-refractivity contribution >= 4 is 22.1 Å². The van der Waals surface area contributed by atoms with E-state index in [2.05, 4.69) is 0 Å². The minimum atomic E-state index is -3.71. The van der Waals surface area contributed by atoms with Gasteiger partial charge in [0.25, 0.3) is 0 Å². The Morgan fingerprint density at radius 3 is 2.48 bits per heavy atom. The predicted molar refractivity (Wildman–Crippen MR) is 111 cm³/mol. The van der Waals surface area contributed by atoms with Gasteiger partial charge in [0.1, 0.15) is 6.61 Å². The quantitative estimate of drug-likeness (QED) is 0.677. The molecule has 0 amide bonds. The third-order valence-electron chi connectivity index (χ3n) is 4.51. The monoisotopic (exact) mass is 415 g/mol. The van der Waals surface area contributed by atoms with E-state index < -0.39 is 16.0 Å². The summed E-state index contributed by atoms with van der Waals surface area (Å²) in [7, 11) is -3.71. The molecule has 0 bridgehead atoms. The molecule has 2 aromatic rings. The molecule has 7 heteroatoms. The summed E-state index contributed by atoms with van der Waals surface area (Å²) in [4.78, 5) is 12.4. The van der Waals surface area contributed by atoms with Crippen LogP contribution in [0.1, 0.15) is 29.8 Å². The molecular weight excluding hydrogens is 390 g/mol. The largest absolute Gasteiger partial charge is 0.458 e. The Kier molecular flexibility index (Phi) is 6.84. The molecule has 0 N–H and O–H groups in total. The molecule has 0 aromatic heterocycles. The van der Waals surface area contributed by atoms with E-state index in [9.17, 15) is 13.2 Å². The number of ether oxygens (including phenoxy) is 2. The smallest absolute Gasteiger partial charge is 0.338 e. The lowest BCUT2D eigenvalue weighted by molar-refractivity contribution is -0.0440. The van der Waals surface area contributed by atoms with Gasteiger partial charge in [0.15, 0.2) is 0 Å². The summed E-state index contributed by atoms with van der Waals surface area (Å²) in [6.45, 7) is 4.35. The van der Waals surface area contributed by atoms with Crippen LogP contribution in [-0.4, -0.2) is 50.6 Å². The fourth-order valence-electron chi connectivity index (χ4n) is 3.22. The van der Waals surface area contributed by atoms with Gasteiger partial charge >= 0.3 is 5.97 Å². The van der Waals surface area contributed by atoms with Crippen LogP contribution in [-0.2, 0) is 19.5 Å². The Hall–Kier alpha value is -2.48. The normalized spacial score (nSPS) is 20.6. The van der Waals surface area contributed by atoms with Gasteiger partial charge in [0.05, 0.1) is 22.7 Å². The Morgan fingerprint density at radius 1 is 1.10 bits per heavy atom. The van der Waals surface area contributed by atoms with E-state index >= 15 is 0 Å². The maximum atomic E-state index is 13.0. The predicted octanol–water partition coefficient (Wildman–Crippen LogP) is 3.35. The zero-order chi connectivity index (χ0) is 20.9. The van der Waals surface area contributed by atoms with Crippen molar-refractivity contribution in [2.75, 3.05) is 19.7 Å². The van der Waals surface area contributed by atoms with E-state index in [0.29, 0.717) is 0 Å². The molecule has 2 aromatic carbocycles. The molecule has 3 rings (SSSR count). The highest BCUT2D eigenvalue weighted by molar-refractivity contribution is 7.89. The first-order valence-corrected chi connectivity index (χ1v) is 10.9. The molecule has 1 aliphatic rings. The number of morpholine rings is 1. The lowest BCUT2D eigenvalue weighted by Crippen LogP contribution is -2.48. The van der Waals surface area contributed by atoms with E-state index in [1.165, 1.54) is 16.4 Å². The van der Waals surface area contributed by atoms with Gasteiger partial charge < -0.3 is 9.47 Å². The summed E-state index contributed by atoms with van der Waals surface area (Å²) in [6.07, 6.45) is 3.23. The number of benzene rings is 2. The molecule has 2 atom stereocenters.